The van der Waals surface area contributed by atoms with Crippen molar-refractivity contribution in [3.63, 3.8) is 0 Å². The summed E-state index contributed by atoms with van der Waals surface area (Å²) in [6, 6.07) is 7.07. The number of nitrogens with one attached hydrogen (secondary N) is 3. The van der Waals surface area contributed by atoms with E-state index in [-0.39, 0.29) is 79.6 Å². The van der Waals surface area contributed by atoms with Gasteiger partial charge in [0.1, 0.15) is 44.6 Å². The van der Waals surface area contributed by atoms with E-state index in [1.54, 1.807) is 0 Å². The first kappa shape index (κ1) is 49.4. The maximum Gasteiger partial charge on any atom is 0.325 e. The van der Waals surface area contributed by atoms with E-state index in [1.165, 1.54) is 20.8 Å². The molecule has 350 valence electrons. The Kier molecular flexibility index (Phi) is 16.8. The minimum absolute atomic E-state index is 0.00642. The van der Waals surface area contributed by atoms with Gasteiger partial charge in [-0.05, 0) is 113 Å². The van der Waals surface area contributed by atoms with Crippen molar-refractivity contribution < 1.29 is 52.5 Å². The summed E-state index contributed by atoms with van der Waals surface area (Å²) < 4.78 is 24.4. The molecule has 14 atom stereocenters. The number of esters is 4. The minimum Gasteiger partial charge on any atom is -0.461 e. The molecule has 4 aliphatic rings. The number of benzene rings is 1. The van der Waals surface area contributed by atoms with Crippen molar-refractivity contribution in [1.82, 2.24) is 16.0 Å². The molecule has 9 N–H and O–H groups in total. The molecule has 63 heavy (non-hydrogen) atoms. The summed E-state index contributed by atoms with van der Waals surface area (Å²) in [5, 5.41) is 7.65. The Hall–Kier alpha value is -4.61. The van der Waals surface area contributed by atoms with Gasteiger partial charge in [0.25, 0.3) is 0 Å². The third-order valence-electron chi connectivity index (χ3n) is 14.8. The lowest BCUT2D eigenvalue weighted by Crippen LogP contribution is -2.64. The predicted octanol–water partition coefficient (Wildman–Crippen LogP) is 2.15. The number of carbonyl (C=O) groups is 7. The summed E-state index contributed by atoms with van der Waals surface area (Å²) >= 11 is 0. The molecule has 4 aliphatic carbocycles. The highest BCUT2D eigenvalue weighted by Crippen LogP contribution is 2.69. The number of carbonyl (C=O) groups excluding carboxylic acids is 7. The van der Waals surface area contributed by atoms with Crippen LogP contribution in [0.2, 0.25) is 0 Å². The Bertz CT molecular complexity index is 1810. The third-order valence-corrected chi connectivity index (χ3v) is 14.8. The van der Waals surface area contributed by atoms with Gasteiger partial charge < -0.3 is 52.1 Å². The lowest BCUT2D eigenvalue weighted by Gasteiger charge is -2.64. The van der Waals surface area contributed by atoms with Crippen LogP contribution < -0.4 is 33.2 Å². The van der Waals surface area contributed by atoms with Crippen LogP contribution in [0.25, 0.3) is 0 Å². The molecule has 17 nitrogen and oxygen atoms in total. The number of nitrogens with two attached hydrogens (primary N) is 3. The summed E-state index contributed by atoms with van der Waals surface area (Å²) in [6.07, 6.45) is 3.32. The Balaban J connectivity index is 1.42. The molecule has 1 aromatic rings. The van der Waals surface area contributed by atoms with Crippen molar-refractivity contribution in [2.45, 2.75) is 142 Å². The van der Waals surface area contributed by atoms with Crippen molar-refractivity contribution in [2.24, 2.45) is 63.5 Å². The lowest BCUT2D eigenvalue weighted by atomic mass is 9.43. The van der Waals surface area contributed by atoms with Gasteiger partial charge >= 0.3 is 23.9 Å². The molecule has 0 radical (unpaired) electrons. The summed E-state index contributed by atoms with van der Waals surface area (Å²) in [5.41, 5.74) is 17.1. The van der Waals surface area contributed by atoms with E-state index in [0.29, 0.717) is 38.5 Å². The zero-order chi connectivity index (χ0) is 46.2. The number of hydrogen-bond donors (Lipinski definition) is 6. The Labute approximate surface area is 370 Å². The van der Waals surface area contributed by atoms with Gasteiger partial charge in [-0.3, -0.25) is 33.6 Å². The Morgan fingerprint density at radius 1 is 0.683 bits per heavy atom. The monoisotopic (exact) mass is 883 g/mol. The van der Waals surface area contributed by atoms with Crippen LogP contribution in [0.1, 0.15) is 105 Å². The first-order valence-corrected chi connectivity index (χ1v) is 22.6. The summed E-state index contributed by atoms with van der Waals surface area (Å²) in [4.78, 5) is 90.0. The van der Waals surface area contributed by atoms with E-state index < -0.39 is 77.5 Å². The molecule has 0 spiro atoms. The Morgan fingerprint density at radius 2 is 1.24 bits per heavy atom. The zero-order valence-corrected chi connectivity index (χ0v) is 37.7. The van der Waals surface area contributed by atoms with Gasteiger partial charge in [0.2, 0.25) is 17.7 Å². The fourth-order valence-corrected chi connectivity index (χ4v) is 11.4. The molecule has 0 unspecified atom stereocenters. The second-order valence-electron chi connectivity index (χ2n) is 19.1. The van der Waals surface area contributed by atoms with Crippen molar-refractivity contribution in [3.05, 3.63) is 35.9 Å². The van der Waals surface area contributed by atoms with Crippen molar-refractivity contribution in [1.29, 1.82) is 0 Å². The number of amides is 3. The van der Waals surface area contributed by atoms with Gasteiger partial charge in [-0.25, -0.2) is 0 Å². The molecule has 3 amide bonds. The minimum atomic E-state index is -0.819. The van der Waals surface area contributed by atoms with Crippen LogP contribution in [0.5, 0.6) is 0 Å². The number of fused-ring (bicyclic) bond motifs is 5. The van der Waals surface area contributed by atoms with Crippen LogP contribution in [0.15, 0.2) is 30.3 Å². The molecular formula is C46H70N6O11. The predicted molar refractivity (Wildman–Crippen MR) is 230 cm³/mol. The maximum atomic E-state index is 13.7. The zero-order valence-electron chi connectivity index (χ0n) is 37.7. The SMILES string of the molecule is C[C@H](N)C(=O)NCC(=O)O[C@@H]1CC[C@@]2(C)[C@@H](C1)C[C@@H](OC(=O)CNC(=O)[C@H](C)N)[C@@H]1[C@@H]2C[C@H](OC(=O)CNC(=O)[C@H](C)N)[C@]2(C)[C@@H]([C@H](C)CCC(=O)OCc3ccccc3)CC[C@@H]12. The number of ether oxygens (including phenoxy) is 4. The second-order valence-corrected chi connectivity index (χ2v) is 19.1. The van der Waals surface area contributed by atoms with Crippen molar-refractivity contribution in [2.75, 3.05) is 19.6 Å². The molecule has 0 bridgehead atoms. The first-order valence-electron chi connectivity index (χ1n) is 22.6. The highest BCUT2D eigenvalue weighted by atomic mass is 16.6. The van der Waals surface area contributed by atoms with Crippen LogP contribution in [-0.2, 0) is 59.1 Å². The molecule has 4 saturated carbocycles. The average Bonchev–Trinajstić information content (AvgIpc) is 3.61. The quantitative estimate of drug-likeness (QED) is 0.0912. The van der Waals surface area contributed by atoms with Gasteiger partial charge in [0, 0.05) is 17.8 Å². The number of rotatable bonds is 18. The molecule has 1 aromatic carbocycles. The first-order chi connectivity index (χ1) is 29.7. The third kappa shape index (κ3) is 11.9. The highest BCUT2D eigenvalue weighted by Gasteiger charge is 2.68. The molecule has 0 aromatic heterocycles. The molecule has 17 heteroatoms. The van der Waals surface area contributed by atoms with E-state index in [4.69, 9.17) is 36.1 Å². The van der Waals surface area contributed by atoms with Gasteiger partial charge in [0.05, 0.1) is 18.1 Å². The van der Waals surface area contributed by atoms with Crippen LogP contribution in [0.3, 0.4) is 0 Å². The highest BCUT2D eigenvalue weighted by molar-refractivity contribution is 5.86. The van der Waals surface area contributed by atoms with Crippen LogP contribution in [0, 0.1) is 46.3 Å². The van der Waals surface area contributed by atoms with Crippen LogP contribution in [-0.4, -0.2) is 97.7 Å². The van der Waals surface area contributed by atoms with E-state index in [0.717, 1.165) is 18.4 Å². The largest absolute Gasteiger partial charge is 0.461 e. The summed E-state index contributed by atoms with van der Waals surface area (Å²) in [5.74, 6) is -3.90. The molecule has 4 fully saturated rings. The summed E-state index contributed by atoms with van der Waals surface area (Å²) in [7, 11) is 0. The van der Waals surface area contributed by atoms with Crippen LogP contribution >= 0.6 is 0 Å². The summed E-state index contributed by atoms with van der Waals surface area (Å²) in [6.45, 7) is 10.2. The fraction of sp³-hybridized carbons (Fsp3) is 0.717. The van der Waals surface area contributed by atoms with E-state index in [2.05, 4.69) is 36.7 Å². The van der Waals surface area contributed by atoms with Gasteiger partial charge in [0.15, 0.2) is 0 Å². The van der Waals surface area contributed by atoms with Gasteiger partial charge in [-0.1, -0.05) is 51.1 Å². The lowest BCUT2D eigenvalue weighted by molar-refractivity contribution is -0.225. The topological polar surface area (TPSA) is 271 Å². The standard InChI is InChI=1S/C46H70N6O11/c1-25(12-15-37(53)60-24-29-10-8-7-9-11-29)32-13-14-33-41-34(20-36(46(32,33)6)63-40(56)23-52-44(59)28(4)49)45(5)17-16-31(61-38(54)21-50-42(57)26(2)47)18-30(45)19-35(41)62-39(55)22-51-43(58)27(3)48/h7-11,25-28,30-36,41H,12-24,47-49H2,1-6H3,(H,50,57)(H,51,58)(H,52,59)/t25-,26+,27+,28+,30+,31-,32-,33+,34+,35-,36+,41+,45+,46-/m1/s1. The Morgan fingerprint density at radius 3 is 1.81 bits per heavy atom. The normalized spacial score (nSPS) is 31.5. The molecule has 0 saturated heterocycles. The van der Waals surface area contributed by atoms with Gasteiger partial charge in [-0.2, -0.15) is 0 Å². The molecule has 0 heterocycles. The van der Waals surface area contributed by atoms with Gasteiger partial charge in [-0.15, -0.1) is 0 Å². The average molecular weight is 883 g/mol. The fourth-order valence-electron chi connectivity index (χ4n) is 11.4. The molecule has 5 rings (SSSR count). The maximum absolute atomic E-state index is 13.7. The molecule has 0 aliphatic heterocycles. The van der Waals surface area contributed by atoms with E-state index >= 15 is 0 Å². The van der Waals surface area contributed by atoms with Crippen molar-refractivity contribution >= 4 is 41.6 Å². The second kappa shape index (κ2) is 21.4. The smallest absolute Gasteiger partial charge is 0.325 e. The van der Waals surface area contributed by atoms with E-state index in [1.807, 2.05) is 30.3 Å². The van der Waals surface area contributed by atoms with Crippen molar-refractivity contribution in [3.8, 4) is 0 Å². The number of hydrogen-bond acceptors (Lipinski definition) is 14. The van der Waals surface area contributed by atoms with E-state index in [9.17, 15) is 33.6 Å². The molecular weight excluding hydrogens is 813 g/mol. The van der Waals surface area contributed by atoms with Crippen LogP contribution in [0.4, 0.5) is 0 Å².